The van der Waals surface area contributed by atoms with E-state index in [1.807, 2.05) is 18.4 Å². The summed E-state index contributed by atoms with van der Waals surface area (Å²) < 4.78 is 1.29. The molecule has 3 aromatic rings. The van der Waals surface area contributed by atoms with E-state index in [0.717, 1.165) is 29.4 Å². The Morgan fingerprint density at radius 3 is 3.05 bits per heavy atom. The van der Waals surface area contributed by atoms with Gasteiger partial charge in [0.05, 0.1) is 22.0 Å². The molecule has 22 heavy (non-hydrogen) atoms. The van der Waals surface area contributed by atoms with Crippen LogP contribution in [0.25, 0.3) is 10.2 Å². The van der Waals surface area contributed by atoms with Crippen LogP contribution in [0.15, 0.2) is 29.6 Å². The summed E-state index contributed by atoms with van der Waals surface area (Å²) in [5.74, 6) is 0. The number of hydrogen-bond acceptors (Lipinski definition) is 6. The predicted molar refractivity (Wildman–Crippen MR) is 93.7 cm³/mol. The second-order valence-electron chi connectivity index (χ2n) is 5.54. The van der Waals surface area contributed by atoms with E-state index in [0.29, 0.717) is 6.04 Å². The number of rotatable bonds is 4. The average Bonchev–Trinajstić information content (AvgIpc) is 3.25. The molecule has 3 heterocycles. The number of fused-ring (bicyclic) bond motifs is 1. The molecule has 0 bridgehead atoms. The number of para-hydroxylation sites is 1. The van der Waals surface area contributed by atoms with E-state index in [2.05, 4.69) is 44.8 Å². The fourth-order valence-corrected chi connectivity index (χ4v) is 4.83. The minimum atomic E-state index is 0.442. The minimum absolute atomic E-state index is 0.442. The highest BCUT2D eigenvalue weighted by molar-refractivity contribution is 7.18. The third-order valence-electron chi connectivity index (χ3n) is 4.09. The molecule has 6 heteroatoms. The van der Waals surface area contributed by atoms with Gasteiger partial charge in [-0.15, -0.1) is 22.7 Å². The van der Waals surface area contributed by atoms with Crippen LogP contribution in [0.4, 0.5) is 5.13 Å². The van der Waals surface area contributed by atoms with Crippen molar-refractivity contribution in [1.82, 2.24) is 14.9 Å². The minimum Gasteiger partial charge on any atom is -0.365 e. The lowest BCUT2D eigenvalue weighted by Crippen LogP contribution is -2.22. The molecule has 4 rings (SSSR count). The summed E-state index contributed by atoms with van der Waals surface area (Å²) in [6.45, 7) is 2.05. The van der Waals surface area contributed by atoms with Crippen molar-refractivity contribution in [2.45, 2.75) is 25.4 Å². The van der Waals surface area contributed by atoms with Gasteiger partial charge in [0.2, 0.25) is 0 Å². The van der Waals surface area contributed by atoms with Crippen LogP contribution in [0.3, 0.4) is 0 Å². The third kappa shape index (κ3) is 2.62. The zero-order chi connectivity index (χ0) is 14.9. The molecule has 2 aromatic heterocycles. The van der Waals surface area contributed by atoms with Gasteiger partial charge in [-0.2, -0.15) is 0 Å². The van der Waals surface area contributed by atoms with Gasteiger partial charge in [-0.25, -0.2) is 9.97 Å². The number of nitrogens with zero attached hydrogens (tertiary/aromatic N) is 3. The molecule has 0 saturated carbocycles. The summed E-state index contributed by atoms with van der Waals surface area (Å²) in [6.07, 6.45) is 2.44. The maximum Gasteiger partial charge on any atom is 0.182 e. The second-order valence-corrected chi connectivity index (χ2v) is 7.46. The SMILES string of the molecule is CNc1nc(CN2CCC[C@H]2c2nc3ccccc3s2)cs1. The molecule has 0 spiro atoms. The van der Waals surface area contributed by atoms with Gasteiger partial charge < -0.3 is 5.32 Å². The number of hydrogen-bond donors (Lipinski definition) is 1. The lowest BCUT2D eigenvalue weighted by molar-refractivity contribution is 0.246. The Morgan fingerprint density at radius 2 is 2.23 bits per heavy atom. The summed E-state index contributed by atoms with van der Waals surface area (Å²) in [6, 6.07) is 8.86. The van der Waals surface area contributed by atoms with Gasteiger partial charge in [-0.3, -0.25) is 4.90 Å². The highest BCUT2D eigenvalue weighted by Crippen LogP contribution is 2.37. The first-order chi connectivity index (χ1) is 10.8. The monoisotopic (exact) mass is 330 g/mol. The molecule has 0 amide bonds. The quantitative estimate of drug-likeness (QED) is 0.781. The van der Waals surface area contributed by atoms with Crippen molar-refractivity contribution in [1.29, 1.82) is 0 Å². The van der Waals surface area contributed by atoms with E-state index < -0.39 is 0 Å². The molecule has 1 atom stereocenters. The second kappa shape index (κ2) is 5.95. The largest absolute Gasteiger partial charge is 0.365 e. The first-order valence-electron chi connectivity index (χ1n) is 7.55. The van der Waals surface area contributed by atoms with Crippen LogP contribution in [0.1, 0.15) is 29.6 Å². The maximum absolute atomic E-state index is 4.85. The lowest BCUT2D eigenvalue weighted by atomic mass is 10.2. The molecule has 0 unspecified atom stereocenters. The zero-order valence-corrected chi connectivity index (χ0v) is 14.1. The van der Waals surface area contributed by atoms with Gasteiger partial charge in [0, 0.05) is 19.0 Å². The van der Waals surface area contributed by atoms with Crippen molar-refractivity contribution in [2.75, 3.05) is 18.9 Å². The van der Waals surface area contributed by atoms with E-state index in [1.165, 1.54) is 22.5 Å². The Labute approximate surface area is 137 Å². The molecule has 0 aliphatic carbocycles. The Balaban J connectivity index is 1.57. The number of anilines is 1. The Morgan fingerprint density at radius 1 is 1.32 bits per heavy atom. The molecule has 1 aromatic carbocycles. The van der Waals surface area contributed by atoms with Gasteiger partial charge in [0.25, 0.3) is 0 Å². The Kier molecular flexibility index (Phi) is 3.82. The zero-order valence-electron chi connectivity index (χ0n) is 12.5. The Bertz CT molecular complexity index is 746. The molecular formula is C16H18N4S2. The molecule has 0 radical (unpaired) electrons. The van der Waals surface area contributed by atoms with Crippen LogP contribution >= 0.6 is 22.7 Å². The van der Waals surface area contributed by atoms with E-state index in [4.69, 9.17) is 4.98 Å². The highest BCUT2D eigenvalue weighted by Gasteiger charge is 2.29. The van der Waals surface area contributed by atoms with Crippen LogP contribution in [-0.4, -0.2) is 28.5 Å². The van der Waals surface area contributed by atoms with Gasteiger partial charge in [0.15, 0.2) is 5.13 Å². The highest BCUT2D eigenvalue weighted by atomic mass is 32.1. The average molecular weight is 330 g/mol. The molecular weight excluding hydrogens is 312 g/mol. The maximum atomic E-state index is 4.85. The summed E-state index contributed by atoms with van der Waals surface area (Å²) in [4.78, 5) is 12.0. The predicted octanol–water partition coefficient (Wildman–Crippen LogP) is 4.13. The topological polar surface area (TPSA) is 41.1 Å². The first-order valence-corrected chi connectivity index (χ1v) is 9.25. The van der Waals surface area contributed by atoms with Crippen LogP contribution in [0.5, 0.6) is 0 Å². The number of aromatic nitrogens is 2. The normalized spacial score (nSPS) is 19.0. The van der Waals surface area contributed by atoms with E-state index in [9.17, 15) is 0 Å². The van der Waals surface area contributed by atoms with Crippen molar-refractivity contribution < 1.29 is 0 Å². The molecule has 1 fully saturated rings. The van der Waals surface area contributed by atoms with Crippen LogP contribution in [0.2, 0.25) is 0 Å². The van der Waals surface area contributed by atoms with Gasteiger partial charge >= 0.3 is 0 Å². The van der Waals surface area contributed by atoms with Crippen molar-refractivity contribution in [3.8, 4) is 0 Å². The van der Waals surface area contributed by atoms with E-state index in [1.54, 1.807) is 11.3 Å². The van der Waals surface area contributed by atoms with Gasteiger partial charge in [-0.05, 0) is 31.5 Å². The first kappa shape index (κ1) is 14.1. The summed E-state index contributed by atoms with van der Waals surface area (Å²) >= 11 is 3.51. The molecule has 1 saturated heterocycles. The summed E-state index contributed by atoms with van der Waals surface area (Å²) in [7, 11) is 1.92. The van der Waals surface area contributed by atoms with Crippen molar-refractivity contribution in [3.63, 3.8) is 0 Å². The van der Waals surface area contributed by atoms with Gasteiger partial charge in [-0.1, -0.05) is 12.1 Å². The standard InChI is InChI=1S/C16H18N4S2/c1-17-16-18-11(10-21-16)9-20-8-4-6-13(20)15-19-12-5-2-3-7-14(12)22-15/h2-3,5,7,10,13H,4,6,8-9H2,1H3,(H,17,18)/t13-/m0/s1. The number of nitrogens with one attached hydrogen (secondary N) is 1. The van der Waals surface area contributed by atoms with Crippen LogP contribution in [0, 0.1) is 0 Å². The van der Waals surface area contributed by atoms with Crippen molar-refractivity contribution in [3.05, 3.63) is 40.3 Å². The smallest absolute Gasteiger partial charge is 0.182 e. The van der Waals surface area contributed by atoms with Crippen molar-refractivity contribution in [2.24, 2.45) is 0 Å². The van der Waals surface area contributed by atoms with Crippen molar-refractivity contribution >= 4 is 38.0 Å². The summed E-state index contributed by atoms with van der Waals surface area (Å²) in [5, 5.41) is 7.51. The van der Waals surface area contributed by atoms with Gasteiger partial charge in [0.1, 0.15) is 5.01 Å². The molecule has 1 N–H and O–H groups in total. The molecule has 114 valence electrons. The van der Waals surface area contributed by atoms with Crippen LogP contribution < -0.4 is 5.32 Å². The lowest BCUT2D eigenvalue weighted by Gasteiger charge is -2.21. The summed E-state index contributed by atoms with van der Waals surface area (Å²) in [5.41, 5.74) is 2.28. The number of thiazole rings is 2. The van der Waals surface area contributed by atoms with E-state index >= 15 is 0 Å². The van der Waals surface area contributed by atoms with E-state index in [-0.39, 0.29) is 0 Å². The molecule has 1 aliphatic rings. The molecule has 1 aliphatic heterocycles. The number of benzene rings is 1. The fourth-order valence-electron chi connectivity index (χ4n) is 3.03. The molecule has 4 nitrogen and oxygen atoms in total. The Hall–Kier alpha value is -1.50. The third-order valence-corrected chi connectivity index (χ3v) is 6.14. The van der Waals surface area contributed by atoms with Crippen LogP contribution in [-0.2, 0) is 6.54 Å². The number of likely N-dealkylation sites (tertiary alicyclic amines) is 1. The fraction of sp³-hybridized carbons (Fsp3) is 0.375.